The van der Waals surface area contributed by atoms with Crippen LogP contribution in [0.15, 0.2) is 11.6 Å². The molecule has 0 saturated heterocycles. The minimum Gasteiger partial charge on any atom is -0.328 e. The highest BCUT2D eigenvalue weighted by Gasteiger charge is 2.17. The lowest BCUT2D eigenvalue weighted by atomic mass is 9.87. The van der Waals surface area contributed by atoms with E-state index in [1.54, 1.807) is 0 Å². The van der Waals surface area contributed by atoms with Crippen LogP contribution in [0, 0.1) is 5.41 Å². The van der Waals surface area contributed by atoms with Crippen molar-refractivity contribution in [3.63, 3.8) is 0 Å². The molecule has 1 unspecified atom stereocenters. The van der Waals surface area contributed by atoms with Crippen molar-refractivity contribution in [3.8, 4) is 0 Å². The van der Waals surface area contributed by atoms with E-state index < -0.39 is 0 Å². The molecule has 0 bridgehead atoms. The third-order valence-electron chi connectivity index (χ3n) is 3.21. The molecule has 0 amide bonds. The van der Waals surface area contributed by atoms with Crippen LogP contribution in [0.25, 0.3) is 0 Å². The minimum absolute atomic E-state index is 0.354. The minimum atomic E-state index is 0.354. The summed E-state index contributed by atoms with van der Waals surface area (Å²) < 4.78 is 0. The van der Waals surface area contributed by atoms with Crippen LogP contribution in [-0.2, 0) is 0 Å². The van der Waals surface area contributed by atoms with Gasteiger partial charge in [-0.15, -0.1) is 0 Å². The van der Waals surface area contributed by atoms with E-state index in [1.807, 2.05) is 0 Å². The van der Waals surface area contributed by atoms with Crippen LogP contribution in [0.2, 0.25) is 0 Å². The molecule has 0 saturated carbocycles. The van der Waals surface area contributed by atoms with Crippen LogP contribution in [-0.4, -0.2) is 30.6 Å². The standard InChI is InChI=1S/C14H28N2/c1-12-5-8-16(9-6-12)10-7-13(15)11-14(2,3)4/h5,13H,6-11,15H2,1-4H3. The van der Waals surface area contributed by atoms with E-state index in [-0.39, 0.29) is 0 Å². The zero-order valence-electron chi connectivity index (χ0n) is 11.4. The first-order chi connectivity index (χ1) is 7.37. The van der Waals surface area contributed by atoms with Crippen molar-refractivity contribution in [2.24, 2.45) is 11.1 Å². The van der Waals surface area contributed by atoms with E-state index in [1.165, 1.54) is 18.5 Å². The maximum atomic E-state index is 6.16. The normalized spacial score (nSPS) is 20.7. The van der Waals surface area contributed by atoms with Gasteiger partial charge in [-0.3, -0.25) is 4.90 Å². The quantitative estimate of drug-likeness (QED) is 0.744. The highest BCUT2D eigenvalue weighted by Crippen LogP contribution is 2.21. The number of nitrogens with two attached hydrogens (primary N) is 1. The Morgan fingerprint density at radius 2 is 2.12 bits per heavy atom. The van der Waals surface area contributed by atoms with E-state index in [0.717, 1.165) is 25.9 Å². The van der Waals surface area contributed by atoms with E-state index in [4.69, 9.17) is 5.73 Å². The van der Waals surface area contributed by atoms with Gasteiger partial charge in [0.05, 0.1) is 0 Å². The van der Waals surface area contributed by atoms with Crippen LogP contribution in [0.5, 0.6) is 0 Å². The average Bonchev–Trinajstić information content (AvgIpc) is 2.14. The lowest BCUT2D eigenvalue weighted by molar-refractivity contribution is 0.260. The van der Waals surface area contributed by atoms with Gasteiger partial charge < -0.3 is 5.73 Å². The summed E-state index contributed by atoms with van der Waals surface area (Å²) in [6.45, 7) is 12.5. The Kier molecular flexibility index (Phi) is 5.00. The molecular weight excluding hydrogens is 196 g/mol. The van der Waals surface area contributed by atoms with Gasteiger partial charge in [0.25, 0.3) is 0 Å². The fourth-order valence-electron chi connectivity index (χ4n) is 2.25. The van der Waals surface area contributed by atoms with E-state index in [0.29, 0.717) is 11.5 Å². The van der Waals surface area contributed by atoms with Crippen LogP contribution in [0.1, 0.15) is 47.0 Å². The molecule has 0 fully saturated rings. The zero-order chi connectivity index (χ0) is 12.2. The molecule has 2 nitrogen and oxygen atoms in total. The highest BCUT2D eigenvalue weighted by molar-refractivity contribution is 5.03. The Bertz CT molecular complexity index is 238. The molecule has 0 aromatic carbocycles. The average molecular weight is 224 g/mol. The monoisotopic (exact) mass is 224 g/mol. The zero-order valence-corrected chi connectivity index (χ0v) is 11.4. The number of rotatable bonds is 4. The third kappa shape index (κ3) is 5.66. The topological polar surface area (TPSA) is 29.3 Å². The second-order valence-corrected chi connectivity index (χ2v) is 6.41. The van der Waals surface area contributed by atoms with Crippen molar-refractivity contribution in [1.82, 2.24) is 4.90 Å². The molecule has 0 radical (unpaired) electrons. The summed E-state index contributed by atoms with van der Waals surface area (Å²) in [5, 5.41) is 0. The Morgan fingerprint density at radius 1 is 1.44 bits per heavy atom. The van der Waals surface area contributed by atoms with Crippen molar-refractivity contribution < 1.29 is 0 Å². The van der Waals surface area contributed by atoms with Crippen LogP contribution < -0.4 is 5.73 Å². The van der Waals surface area contributed by atoms with Crippen LogP contribution in [0.3, 0.4) is 0 Å². The van der Waals surface area contributed by atoms with Crippen molar-refractivity contribution in [3.05, 3.63) is 11.6 Å². The second-order valence-electron chi connectivity index (χ2n) is 6.41. The molecule has 2 heteroatoms. The molecule has 2 N–H and O–H groups in total. The molecule has 16 heavy (non-hydrogen) atoms. The van der Waals surface area contributed by atoms with Gasteiger partial charge in [-0.2, -0.15) is 0 Å². The van der Waals surface area contributed by atoms with E-state index >= 15 is 0 Å². The second kappa shape index (κ2) is 5.83. The Balaban J connectivity index is 2.20. The van der Waals surface area contributed by atoms with Gasteiger partial charge in [0.15, 0.2) is 0 Å². The number of nitrogens with zero attached hydrogens (tertiary/aromatic N) is 1. The lowest BCUT2D eigenvalue weighted by Gasteiger charge is -2.28. The fraction of sp³-hybridized carbons (Fsp3) is 0.857. The Morgan fingerprint density at radius 3 is 2.62 bits per heavy atom. The van der Waals surface area contributed by atoms with Gasteiger partial charge in [0, 0.05) is 19.1 Å². The predicted octanol–water partition coefficient (Wildman–Crippen LogP) is 2.79. The summed E-state index contributed by atoms with van der Waals surface area (Å²) in [4.78, 5) is 2.51. The molecule has 1 aliphatic rings. The highest BCUT2D eigenvalue weighted by atomic mass is 15.1. The summed E-state index contributed by atoms with van der Waals surface area (Å²) in [7, 11) is 0. The van der Waals surface area contributed by atoms with Gasteiger partial charge in [-0.05, 0) is 38.1 Å². The molecule has 0 aromatic heterocycles. The lowest BCUT2D eigenvalue weighted by Crippen LogP contribution is -2.35. The molecule has 0 aromatic rings. The SMILES string of the molecule is CC1=CCN(CCC(N)CC(C)(C)C)CC1. The molecule has 94 valence electrons. The van der Waals surface area contributed by atoms with E-state index in [2.05, 4.69) is 38.7 Å². The molecular formula is C14H28N2. The fourth-order valence-corrected chi connectivity index (χ4v) is 2.25. The third-order valence-corrected chi connectivity index (χ3v) is 3.21. The van der Waals surface area contributed by atoms with Crippen molar-refractivity contribution in [2.75, 3.05) is 19.6 Å². The van der Waals surface area contributed by atoms with Gasteiger partial charge in [0.1, 0.15) is 0 Å². The Labute approximate surface area is 101 Å². The van der Waals surface area contributed by atoms with Crippen molar-refractivity contribution >= 4 is 0 Å². The maximum absolute atomic E-state index is 6.16. The summed E-state index contributed by atoms with van der Waals surface area (Å²) in [6.07, 6.45) is 5.83. The van der Waals surface area contributed by atoms with Gasteiger partial charge in [-0.25, -0.2) is 0 Å². The smallest absolute Gasteiger partial charge is 0.0165 e. The summed E-state index contributed by atoms with van der Waals surface area (Å²) in [6, 6.07) is 0.354. The molecule has 0 spiro atoms. The molecule has 1 atom stereocenters. The molecule has 1 heterocycles. The predicted molar refractivity (Wildman–Crippen MR) is 71.5 cm³/mol. The molecule has 1 aliphatic heterocycles. The van der Waals surface area contributed by atoms with Gasteiger partial charge in [-0.1, -0.05) is 32.4 Å². The number of hydrogen-bond acceptors (Lipinski definition) is 2. The summed E-state index contributed by atoms with van der Waals surface area (Å²) >= 11 is 0. The molecule has 1 rings (SSSR count). The van der Waals surface area contributed by atoms with Crippen molar-refractivity contribution in [1.29, 1.82) is 0 Å². The maximum Gasteiger partial charge on any atom is 0.0165 e. The van der Waals surface area contributed by atoms with Crippen LogP contribution >= 0.6 is 0 Å². The summed E-state index contributed by atoms with van der Waals surface area (Å²) in [5.74, 6) is 0. The summed E-state index contributed by atoms with van der Waals surface area (Å²) in [5.41, 5.74) is 8.06. The van der Waals surface area contributed by atoms with E-state index in [9.17, 15) is 0 Å². The van der Waals surface area contributed by atoms with Crippen molar-refractivity contribution in [2.45, 2.75) is 53.0 Å². The van der Waals surface area contributed by atoms with Gasteiger partial charge >= 0.3 is 0 Å². The first kappa shape index (κ1) is 13.7. The first-order valence-corrected chi connectivity index (χ1v) is 6.50. The molecule has 0 aliphatic carbocycles. The van der Waals surface area contributed by atoms with Gasteiger partial charge in [0.2, 0.25) is 0 Å². The largest absolute Gasteiger partial charge is 0.328 e. The van der Waals surface area contributed by atoms with Crippen LogP contribution in [0.4, 0.5) is 0 Å². The number of hydrogen-bond donors (Lipinski definition) is 1. The first-order valence-electron chi connectivity index (χ1n) is 6.50. The Hall–Kier alpha value is -0.340.